The zero-order valence-electron chi connectivity index (χ0n) is 16.2. The standard InChI is InChI=1S/C21H23N5O2/c1-13(2)18-11-28-21(27)26(18)20-23-12-22-19(25-20)24-14(3)16-9-8-15-6-4-5-7-17(15)10-16/h4-10,12-14,18H,11H2,1-3H3,(H,22,23,24,25)/t14-,18?/m1/s1. The first-order valence-corrected chi connectivity index (χ1v) is 9.43. The number of benzene rings is 2. The number of fused-ring (bicyclic) bond motifs is 1. The second-order valence-corrected chi connectivity index (χ2v) is 7.34. The number of amides is 1. The molecule has 0 radical (unpaired) electrons. The van der Waals surface area contributed by atoms with Crippen molar-refractivity contribution in [3.63, 3.8) is 0 Å². The van der Waals surface area contributed by atoms with E-state index < -0.39 is 6.09 Å². The lowest BCUT2D eigenvalue weighted by Gasteiger charge is -2.22. The Kier molecular flexibility index (Phi) is 4.81. The second-order valence-electron chi connectivity index (χ2n) is 7.34. The summed E-state index contributed by atoms with van der Waals surface area (Å²) in [6, 6.07) is 14.5. The van der Waals surface area contributed by atoms with Crippen molar-refractivity contribution >= 4 is 28.8 Å². The van der Waals surface area contributed by atoms with Crippen molar-refractivity contribution in [2.24, 2.45) is 5.92 Å². The fraction of sp³-hybridized carbons (Fsp3) is 0.333. The molecule has 4 rings (SSSR count). The number of nitrogens with zero attached hydrogens (tertiary/aromatic N) is 4. The summed E-state index contributed by atoms with van der Waals surface area (Å²) in [6.45, 7) is 6.48. The average molecular weight is 377 g/mol. The maximum atomic E-state index is 12.2. The molecule has 2 heterocycles. The van der Waals surface area contributed by atoms with E-state index in [0.717, 1.165) is 5.56 Å². The van der Waals surface area contributed by atoms with E-state index in [4.69, 9.17) is 4.74 Å². The fourth-order valence-electron chi connectivity index (χ4n) is 3.38. The van der Waals surface area contributed by atoms with Gasteiger partial charge in [-0.05, 0) is 35.2 Å². The van der Waals surface area contributed by atoms with Crippen LogP contribution in [0.15, 0.2) is 48.8 Å². The van der Waals surface area contributed by atoms with Crippen LogP contribution in [0.5, 0.6) is 0 Å². The predicted octanol–water partition coefficient (Wildman–Crippen LogP) is 4.18. The quantitative estimate of drug-likeness (QED) is 0.718. The first-order valence-electron chi connectivity index (χ1n) is 9.43. The van der Waals surface area contributed by atoms with E-state index in [0.29, 0.717) is 18.5 Å². The van der Waals surface area contributed by atoms with Gasteiger partial charge in [0.15, 0.2) is 0 Å². The summed E-state index contributed by atoms with van der Waals surface area (Å²) >= 11 is 0. The van der Waals surface area contributed by atoms with Gasteiger partial charge in [-0.1, -0.05) is 50.2 Å². The molecule has 28 heavy (non-hydrogen) atoms. The molecule has 1 fully saturated rings. The Labute approximate surface area is 163 Å². The van der Waals surface area contributed by atoms with E-state index in [1.165, 1.54) is 22.0 Å². The van der Waals surface area contributed by atoms with E-state index in [1.54, 1.807) is 0 Å². The third-order valence-corrected chi connectivity index (χ3v) is 5.07. The van der Waals surface area contributed by atoms with Gasteiger partial charge in [-0.15, -0.1) is 0 Å². The second kappa shape index (κ2) is 7.42. The highest BCUT2D eigenvalue weighted by molar-refractivity contribution is 5.88. The van der Waals surface area contributed by atoms with Gasteiger partial charge in [0.2, 0.25) is 11.9 Å². The predicted molar refractivity (Wildman–Crippen MR) is 108 cm³/mol. The van der Waals surface area contributed by atoms with Crippen LogP contribution in [-0.2, 0) is 4.74 Å². The minimum Gasteiger partial charge on any atom is -0.447 e. The van der Waals surface area contributed by atoms with Crippen LogP contribution >= 0.6 is 0 Å². The summed E-state index contributed by atoms with van der Waals surface area (Å²) in [7, 11) is 0. The van der Waals surface area contributed by atoms with Crippen LogP contribution in [0.4, 0.5) is 16.7 Å². The normalized spacial score (nSPS) is 17.8. The molecule has 1 aliphatic heterocycles. The number of carbonyl (C=O) groups is 1. The molecule has 0 spiro atoms. The Morgan fingerprint density at radius 2 is 1.89 bits per heavy atom. The Balaban J connectivity index is 1.56. The summed E-state index contributed by atoms with van der Waals surface area (Å²) in [4.78, 5) is 26.5. The molecule has 2 aromatic carbocycles. The molecule has 1 amide bonds. The molecular formula is C21H23N5O2. The molecule has 0 bridgehead atoms. The monoisotopic (exact) mass is 377 g/mol. The van der Waals surface area contributed by atoms with Crippen molar-refractivity contribution < 1.29 is 9.53 Å². The molecule has 1 unspecified atom stereocenters. The minimum atomic E-state index is -0.418. The van der Waals surface area contributed by atoms with Gasteiger partial charge in [0.05, 0.1) is 12.1 Å². The summed E-state index contributed by atoms with van der Waals surface area (Å²) in [5.41, 5.74) is 1.13. The number of anilines is 2. The fourth-order valence-corrected chi connectivity index (χ4v) is 3.38. The lowest BCUT2D eigenvalue weighted by molar-refractivity contribution is 0.177. The first kappa shape index (κ1) is 18.2. The van der Waals surface area contributed by atoms with Crippen molar-refractivity contribution in [1.82, 2.24) is 15.0 Å². The molecular weight excluding hydrogens is 354 g/mol. The largest absolute Gasteiger partial charge is 0.447 e. The molecule has 0 saturated carbocycles. The Morgan fingerprint density at radius 1 is 1.11 bits per heavy atom. The van der Waals surface area contributed by atoms with Crippen LogP contribution < -0.4 is 10.2 Å². The highest BCUT2D eigenvalue weighted by Crippen LogP contribution is 2.26. The van der Waals surface area contributed by atoms with Gasteiger partial charge in [0.25, 0.3) is 0 Å². The van der Waals surface area contributed by atoms with Gasteiger partial charge in [-0.25, -0.2) is 19.7 Å². The summed E-state index contributed by atoms with van der Waals surface area (Å²) in [5.74, 6) is 0.966. The summed E-state index contributed by atoms with van der Waals surface area (Å²) in [5, 5.41) is 5.69. The van der Waals surface area contributed by atoms with Crippen molar-refractivity contribution in [3.8, 4) is 0 Å². The van der Waals surface area contributed by atoms with Crippen LogP contribution in [0.1, 0.15) is 32.4 Å². The lowest BCUT2D eigenvalue weighted by atomic mass is 10.0. The first-order chi connectivity index (χ1) is 13.5. The molecule has 144 valence electrons. The molecule has 7 heteroatoms. The maximum Gasteiger partial charge on any atom is 0.417 e. The van der Waals surface area contributed by atoms with Crippen LogP contribution in [0, 0.1) is 5.92 Å². The third kappa shape index (κ3) is 3.47. The number of carbonyl (C=O) groups excluding carboxylic acids is 1. The van der Waals surface area contributed by atoms with Gasteiger partial charge in [0, 0.05) is 0 Å². The van der Waals surface area contributed by atoms with E-state index in [9.17, 15) is 4.79 Å². The van der Waals surface area contributed by atoms with Crippen molar-refractivity contribution in [2.75, 3.05) is 16.8 Å². The van der Waals surface area contributed by atoms with Crippen LogP contribution in [0.2, 0.25) is 0 Å². The van der Waals surface area contributed by atoms with Crippen molar-refractivity contribution in [3.05, 3.63) is 54.4 Å². The molecule has 1 aromatic heterocycles. The van der Waals surface area contributed by atoms with Gasteiger partial charge >= 0.3 is 6.09 Å². The van der Waals surface area contributed by atoms with E-state index in [-0.39, 0.29) is 18.0 Å². The van der Waals surface area contributed by atoms with Gasteiger partial charge < -0.3 is 10.1 Å². The lowest BCUT2D eigenvalue weighted by Crippen LogP contribution is -2.38. The summed E-state index contributed by atoms with van der Waals surface area (Å²) < 4.78 is 5.19. The van der Waals surface area contributed by atoms with E-state index in [2.05, 4.69) is 57.5 Å². The molecule has 0 aliphatic carbocycles. The SMILES string of the molecule is CC(C)C1COC(=O)N1c1ncnc(N[C@H](C)c2ccc3ccccc3c2)n1. The zero-order valence-corrected chi connectivity index (χ0v) is 16.2. The zero-order chi connectivity index (χ0) is 19.7. The Morgan fingerprint density at radius 3 is 2.68 bits per heavy atom. The van der Waals surface area contributed by atoms with Crippen LogP contribution in [0.3, 0.4) is 0 Å². The molecule has 7 nitrogen and oxygen atoms in total. The number of ether oxygens (including phenoxy) is 1. The average Bonchev–Trinajstić information content (AvgIpc) is 3.09. The van der Waals surface area contributed by atoms with Gasteiger partial charge in [-0.2, -0.15) is 4.98 Å². The smallest absolute Gasteiger partial charge is 0.417 e. The topological polar surface area (TPSA) is 80.2 Å². The van der Waals surface area contributed by atoms with Crippen LogP contribution in [-0.4, -0.2) is 33.7 Å². The minimum absolute atomic E-state index is 0.00807. The van der Waals surface area contributed by atoms with Gasteiger partial charge in [0.1, 0.15) is 12.9 Å². The molecule has 2 atom stereocenters. The maximum absolute atomic E-state index is 12.2. The number of aromatic nitrogens is 3. The molecule has 3 aromatic rings. The van der Waals surface area contributed by atoms with Crippen molar-refractivity contribution in [1.29, 1.82) is 0 Å². The summed E-state index contributed by atoms with van der Waals surface area (Å²) in [6.07, 6.45) is 0.999. The number of nitrogens with one attached hydrogen (secondary N) is 1. The third-order valence-electron chi connectivity index (χ3n) is 5.07. The highest BCUT2D eigenvalue weighted by atomic mass is 16.6. The Hall–Kier alpha value is -3.22. The molecule has 1 N–H and O–H groups in total. The molecule has 1 saturated heterocycles. The highest BCUT2D eigenvalue weighted by Gasteiger charge is 2.38. The molecule has 1 aliphatic rings. The number of hydrogen-bond donors (Lipinski definition) is 1. The number of rotatable bonds is 5. The number of hydrogen-bond acceptors (Lipinski definition) is 6. The number of cyclic esters (lactones) is 1. The van der Waals surface area contributed by atoms with E-state index >= 15 is 0 Å². The van der Waals surface area contributed by atoms with Crippen molar-refractivity contribution in [2.45, 2.75) is 32.9 Å². The van der Waals surface area contributed by atoms with E-state index in [1.807, 2.05) is 26.0 Å². The Bertz CT molecular complexity index is 1010. The van der Waals surface area contributed by atoms with Crippen LogP contribution in [0.25, 0.3) is 10.8 Å². The van der Waals surface area contributed by atoms with Gasteiger partial charge in [-0.3, -0.25) is 0 Å².